The monoisotopic (exact) mass is 524 g/mol. The molecule has 0 N–H and O–H groups in total. The summed E-state index contributed by atoms with van der Waals surface area (Å²) < 4.78 is 0. The van der Waals surface area contributed by atoms with Crippen molar-refractivity contribution in [2.45, 2.75) is 19.3 Å². The van der Waals surface area contributed by atoms with Crippen LogP contribution in [-0.2, 0) is 5.41 Å². The molecule has 1 aliphatic rings. The van der Waals surface area contributed by atoms with Gasteiger partial charge in [-0.2, -0.15) is 0 Å². The molecule has 7 aromatic rings. The van der Waals surface area contributed by atoms with Crippen LogP contribution in [0, 0.1) is 0 Å². The van der Waals surface area contributed by atoms with Gasteiger partial charge in [0.05, 0.1) is 0 Å². The summed E-state index contributed by atoms with van der Waals surface area (Å²) in [6, 6.07) is 44.1. The van der Waals surface area contributed by atoms with Gasteiger partial charge >= 0.3 is 0 Å². The Labute approximate surface area is 240 Å². The lowest BCUT2D eigenvalue weighted by molar-refractivity contribution is 0.660. The minimum absolute atomic E-state index is 0.0602. The Balaban J connectivity index is 1.47. The van der Waals surface area contributed by atoms with Crippen molar-refractivity contribution in [2.75, 3.05) is 0 Å². The van der Waals surface area contributed by atoms with E-state index in [9.17, 15) is 0 Å². The lowest BCUT2D eigenvalue weighted by Crippen LogP contribution is -2.14. The van der Waals surface area contributed by atoms with Gasteiger partial charge in [-0.05, 0) is 84.3 Å². The second-order valence-corrected chi connectivity index (χ2v) is 11.4. The first-order valence-electron chi connectivity index (χ1n) is 14.2. The number of rotatable bonds is 3. The first-order valence-corrected chi connectivity index (χ1v) is 14.2. The van der Waals surface area contributed by atoms with Gasteiger partial charge in [-0.3, -0.25) is 0 Å². The molecule has 1 aromatic heterocycles. The molecule has 1 aliphatic carbocycles. The average Bonchev–Trinajstić information content (AvgIpc) is 3.26. The van der Waals surface area contributed by atoms with Gasteiger partial charge in [-0.25, -0.2) is 9.97 Å². The summed E-state index contributed by atoms with van der Waals surface area (Å²) in [6.07, 6.45) is 3.61. The number of benzene rings is 6. The standard InChI is InChI=1S/C39H28N2/c1-39(2)34-16-9-8-13-28(34)29-19-17-26(24-35(29)39)37-31-15-7-6-14-30(31)36(25-11-4-3-5-12-25)33-23-27(18-20-32(33)37)38-40-21-10-22-41-38/h3-24H,1-2H3. The van der Waals surface area contributed by atoms with Gasteiger partial charge in [0.25, 0.3) is 0 Å². The topological polar surface area (TPSA) is 25.8 Å². The highest BCUT2D eigenvalue weighted by Gasteiger charge is 2.35. The summed E-state index contributed by atoms with van der Waals surface area (Å²) in [5.41, 5.74) is 11.4. The Morgan fingerprint density at radius 2 is 1.05 bits per heavy atom. The highest BCUT2D eigenvalue weighted by molar-refractivity contribution is 6.22. The molecule has 0 amide bonds. The number of hydrogen-bond donors (Lipinski definition) is 0. The van der Waals surface area contributed by atoms with E-state index >= 15 is 0 Å². The molecule has 0 saturated carbocycles. The van der Waals surface area contributed by atoms with E-state index in [0.717, 1.165) is 11.4 Å². The summed E-state index contributed by atoms with van der Waals surface area (Å²) >= 11 is 0. The molecule has 8 rings (SSSR count). The number of nitrogens with zero attached hydrogens (tertiary/aromatic N) is 2. The molecule has 0 atom stereocenters. The van der Waals surface area contributed by atoms with Gasteiger partial charge in [0, 0.05) is 23.4 Å². The Kier molecular flexibility index (Phi) is 5.20. The molecule has 0 radical (unpaired) electrons. The van der Waals surface area contributed by atoms with E-state index in [1.54, 1.807) is 12.4 Å². The molecule has 6 aromatic carbocycles. The fourth-order valence-corrected chi connectivity index (χ4v) is 6.85. The van der Waals surface area contributed by atoms with E-state index in [2.05, 4.69) is 139 Å². The highest BCUT2D eigenvalue weighted by Crippen LogP contribution is 2.51. The third-order valence-electron chi connectivity index (χ3n) is 8.78. The van der Waals surface area contributed by atoms with Crippen LogP contribution in [0.15, 0.2) is 134 Å². The van der Waals surface area contributed by atoms with Crippen molar-refractivity contribution in [3.63, 3.8) is 0 Å². The van der Waals surface area contributed by atoms with E-state index in [1.165, 1.54) is 66.1 Å². The highest BCUT2D eigenvalue weighted by atomic mass is 14.8. The third-order valence-corrected chi connectivity index (χ3v) is 8.78. The molecule has 0 spiro atoms. The van der Waals surface area contributed by atoms with Gasteiger partial charge in [0.1, 0.15) is 0 Å². The molecule has 0 saturated heterocycles. The van der Waals surface area contributed by atoms with Crippen molar-refractivity contribution < 1.29 is 0 Å². The van der Waals surface area contributed by atoms with Crippen molar-refractivity contribution in [1.29, 1.82) is 0 Å². The molecular formula is C39H28N2. The summed E-state index contributed by atoms with van der Waals surface area (Å²) in [5.74, 6) is 0.736. The average molecular weight is 525 g/mol. The molecule has 2 heteroatoms. The normalized spacial score (nSPS) is 13.3. The Bertz CT molecular complexity index is 2110. The maximum absolute atomic E-state index is 4.57. The van der Waals surface area contributed by atoms with Crippen LogP contribution in [-0.4, -0.2) is 9.97 Å². The number of aromatic nitrogens is 2. The number of hydrogen-bond acceptors (Lipinski definition) is 2. The van der Waals surface area contributed by atoms with Crippen LogP contribution in [0.25, 0.3) is 66.3 Å². The molecule has 1 heterocycles. The van der Waals surface area contributed by atoms with Crippen LogP contribution >= 0.6 is 0 Å². The van der Waals surface area contributed by atoms with E-state index in [4.69, 9.17) is 0 Å². The van der Waals surface area contributed by atoms with Gasteiger partial charge in [-0.15, -0.1) is 0 Å². The van der Waals surface area contributed by atoms with Crippen LogP contribution in [0.1, 0.15) is 25.0 Å². The van der Waals surface area contributed by atoms with Crippen LogP contribution in [0.2, 0.25) is 0 Å². The van der Waals surface area contributed by atoms with E-state index < -0.39 is 0 Å². The summed E-state index contributed by atoms with van der Waals surface area (Å²) in [7, 11) is 0. The lowest BCUT2D eigenvalue weighted by Gasteiger charge is -2.23. The smallest absolute Gasteiger partial charge is 0.159 e. The van der Waals surface area contributed by atoms with Crippen LogP contribution in [0.3, 0.4) is 0 Å². The van der Waals surface area contributed by atoms with E-state index in [1.807, 2.05) is 6.07 Å². The molecular weight excluding hydrogens is 496 g/mol. The first kappa shape index (κ1) is 23.8. The van der Waals surface area contributed by atoms with Gasteiger partial charge in [-0.1, -0.05) is 117 Å². The maximum Gasteiger partial charge on any atom is 0.159 e. The Hall–Kier alpha value is -5.08. The van der Waals surface area contributed by atoms with Crippen molar-refractivity contribution in [3.05, 3.63) is 145 Å². The van der Waals surface area contributed by atoms with E-state index in [0.29, 0.717) is 0 Å². The summed E-state index contributed by atoms with van der Waals surface area (Å²) in [4.78, 5) is 9.13. The first-order chi connectivity index (χ1) is 20.1. The maximum atomic E-state index is 4.57. The zero-order valence-electron chi connectivity index (χ0n) is 23.1. The Morgan fingerprint density at radius 1 is 0.439 bits per heavy atom. The zero-order valence-corrected chi connectivity index (χ0v) is 23.1. The van der Waals surface area contributed by atoms with Gasteiger partial charge < -0.3 is 0 Å². The fraction of sp³-hybridized carbons (Fsp3) is 0.0769. The fourth-order valence-electron chi connectivity index (χ4n) is 6.85. The predicted molar refractivity (Wildman–Crippen MR) is 171 cm³/mol. The quantitative estimate of drug-likeness (QED) is 0.215. The minimum Gasteiger partial charge on any atom is -0.237 e. The SMILES string of the molecule is CC1(C)c2ccccc2-c2ccc(-c3c4ccccc4c(-c4ccccc4)c4cc(-c5ncccn5)ccc34)cc21. The molecule has 41 heavy (non-hydrogen) atoms. The van der Waals surface area contributed by atoms with Crippen LogP contribution in [0.5, 0.6) is 0 Å². The zero-order chi connectivity index (χ0) is 27.6. The molecule has 0 aliphatic heterocycles. The van der Waals surface area contributed by atoms with Crippen LogP contribution < -0.4 is 0 Å². The molecule has 0 fully saturated rings. The lowest BCUT2D eigenvalue weighted by atomic mass is 9.80. The Morgan fingerprint density at radius 3 is 1.83 bits per heavy atom. The van der Waals surface area contributed by atoms with Gasteiger partial charge in [0.2, 0.25) is 0 Å². The van der Waals surface area contributed by atoms with Crippen molar-refractivity contribution in [3.8, 4) is 44.8 Å². The minimum atomic E-state index is -0.0602. The second kappa shape index (κ2) is 8.97. The summed E-state index contributed by atoms with van der Waals surface area (Å²) in [5, 5.41) is 4.94. The van der Waals surface area contributed by atoms with Crippen molar-refractivity contribution >= 4 is 21.5 Å². The van der Waals surface area contributed by atoms with Crippen LogP contribution in [0.4, 0.5) is 0 Å². The molecule has 194 valence electrons. The van der Waals surface area contributed by atoms with E-state index in [-0.39, 0.29) is 5.41 Å². The summed E-state index contributed by atoms with van der Waals surface area (Å²) in [6.45, 7) is 4.70. The molecule has 2 nitrogen and oxygen atoms in total. The second-order valence-electron chi connectivity index (χ2n) is 11.4. The molecule has 0 bridgehead atoms. The van der Waals surface area contributed by atoms with Gasteiger partial charge in [0.15, 0.2) is 5.82 Å². The third kappa shape index (κ3) is 3.57. The predicted octanol–water partition coefficient (Wildman–Crippen LogP) is 10.1. The largest absolute Gasteiger partial charge is 0.237 e. The van der Waals surface area contributed by atoms with Crippen molar-refractivity contribution in [2.24, 2.45) is 0 Å². The molecule has 0 unspecified atom stereocenters. The van der Waals surface area contributed by atoms with Crippen molar-refractivity contribution in [1.82, 2.24) is 9.97 Å². The number of fused-ring (bicyclic) bond motifs is 5.